The van der Waals surface area contributed by atoms with Crippen LogP contribution in [0.1, 0.15) is 13.3 Å². The molecule has 0 radical (unpaired) electrons. The van der Waals surface area contributed by atoms with Gasteiger partial charge in [-0.05, 0) is 32.4 Å². The van der Waals surface area contributed by atoms with Gasteiger partial charge < -0.3 is 15.4 Å². The van der Waals surface area contributed by atoms with E-state index in [1.165, 1.54) is 0 Å². The lowest BCUT2D eigenvalue weighted by Gasteiger charge is -2.43. The fourth-order valence-corrected chi connectivity index (χ4v) is 2.52. The second-order valence-electron chi connectivity index (χ2n) is 4.33. The molecule has 0 aromatic heterocycles. The first-order valence-corrected chi connectivity index (χ1v) is 5.35. The number of fused-ring (bicyclic) bond motifs is 2. The lowest BCUT2D eigenvalue weighted by molar-refractivity contribution is -0.158. The van der Waals surface area contributed by atoms with Crippen molar-refractivity contribution in [2.24, 2.45) is 11.3 Å². The number of carbonyl (C=O) groups is 1. The van der Waals surface area contributed by atoms with Crippen LogP contribution in [0.5, 0.6) is 0 Å². The van der Waals surface area contributed by atoms with Crippen molar-refractivity contribution in [2.45, 2.75) is 13.3 Å². The molecule has 2 aliphatic heterocycles. The summed E-state index contributed by atoms with van der Waals surface area (Å²) in [6.07, 6.45) is 0.978. The molecule has 0 spiro atoms. The first kappa shape index (κ1) is 9.93. The maximum atomic E-state index is 11.8. The summed E-state index contributed by atoms with van der Waals surface area (Å²) in [7, 11) is 0. The van der Waals surface area contributed by atoms with E-state index in [0.717, 1.165) is 32.6 Å². The van der Waals surface area contributed by atoms with Crippen molar-refractivity contribution < 1.29 is 9.53 Å². The fourth-order valence-electron chi connectivity index (χ4n) is 2.52. The number of carbonyl (C=O) groups excluding carboxylic acids is 1. The van der Waals surface area contributed by atoms with Gasteiger partial charge in [-0.25, -0.2) is 0 Å². The van der Waals surface area contributed by atoms with Crippen LogP contribution in [0.2, 0.25) is 0 Å². The molecule has 2 N–H and O–H groups in total. The highest BCUT2D eigenvalue weighted by Crippen LogP contribution is 2.33. The van der Waals surface area contributed by atoms with Crippen LogP contribution in [0.25, 0.3) is 0 Å². The molecule has 0 aromatic rings. The highest BCUT2D eigenvalue weighted by atomic mass is 16.5. The van der Waals surface area contributed by atoms with Gasteiger partial charge in [-0.15, -0.1) is 0 Å². The second kappa shape index (κ2) is 3.87. The number of piperidine rings is 2. The van der Waals surface area contributed by atoms with Gasteiger partial charge >= 0.3 is 5.97 Å². The zero-order valence-electron chi connectivity index (χ0n) is 8.64. The standard InChI is InChI=1S/C10H18N2O2/c1-2-14-9(13)10-3-8(4-11-6-10)5-12-7-10/h8,11-12H,2-7H2,1H3. The molecule has 2 bridgehead atoms. The number of hydrogen-bond acceptors (Lipinski definition) is 4. The molecule has 2 aliphatic rings. The van der Waals surface area contributed by atoms with Crippen LogP contribution in [-0.4, -0.2) is 38.8 Å². The quantitative estimate of drug-likeness (QED) is 0.601. The van der Waals surface area contributed by atoms with Crippen LogP contribution >= 0.6 is 0 Å². The average Bonchev–Trinajstić information content (AvgIpc) is 2.18. The minimum Gasteiger partial charge on any atom is -0.465 e. The molecule has 2 fully saturated rings. The first-order valence-electron chi connectivity index (χ1n) is 5.35. The van der Waals surface area contributed by atoms with Gasteiger partial charge in [0.25, 0.3) is 0 Å². The fraction of sp³-hybridized carbons (Fsp3) is 0.900. The molecule has 0 aromatic carbocycles. The van der Waals surface area contributed by atoms with E-state index in [9.17, 15) is 4.79 Å². The van der Waals surface area contributed by atoms with Crippen molar-refractivity contribution in [3.63, 3.8) is 0 Å². The molecule has 14 heavy (non-hydrogen) atoms. The molecule has 0 saturated carbocycles. The van der Waals surface area contributed by atoms with Gasteiger partial charge in [-0.2, -0.15) is 0 Å². The van der Waals surface area contributed by atoms with Crippen molar-refractivity contribution in [3.05, 3.63) is 0 Å². The molecule has 2 heterocycles. The van der Waals surface area contributed by atoms with Crippen molar-refractivity contribution in [2.75, 3.05) is 32.8 Å². The Morgan fingerprint density at radius 3 is 2.64 bits per heavy atom. The number of ether oxygens (including phenoxy) is 1. The normalized spacial score (nSPS) is 36.5. The van der Waals surface area contributed by atoms with E-state index in [4.69, 9.17) is 4.74 Å². The predicted molar refractivity (Wildman–Crippen MR) is 52.9 cm³/mol. The molecule has 0 amide bonds. The van der Waals surface area contributed by atoms with Crippen LogP contribution in [0.4, 0.5) is 0 Å². The minimum absolute atomic E-state index is 0.0376. The van der Waals surface area contributed by atoms with Gasteiger partial charge in [0.2, 0.25) is 0 Å². The molecule has 0 atom stereocenters. The Labute approximate surface area is 84.4 Å². The molecular formula is C10H18N2O2. The highest BCUT2D eigenvalue weighted by Gasteiger charge is 2.46. The highest BCUT2D eigenvalue weighted by molar-refractivity contribution is 5.78. The van der Waals surface area contributed by atoms with Gasteiger partial charge in [0, 0.05) is 13.1 Å². The van der Waals surface area contributed by atoms with E-state index < -0.39 is 0 Å². The summed E-state index contributed by atoms with van der Waals surface area (Å²) >= 11 is 0. The summed E-state index contributed by atoms with van der Waals surface area (Å²) in [5.41, 5.74) is -0.294. The van der Waals surface area contributed by atoms with Crippen molar-refractivity contribution in [1.82, 2.24) is 10.6 Å². The number of hydrogen-bond donors (Lipinski definition) is 2. The Morgan fingerprint density at radius 2 is 2.07 bits per heavy atom. The van der Waals surface area contributed by atoms with E-state index >= 15 is 0 Å². The van der Waals surface area contributed by atoms with E-state index in [1.54, 1.807) is 0 Å². The summed E-state index contributed by atoms with van der Waals surface area (Å²) in [5.74, 6) is 0.548. The van der Waals surface area contributed by atoms with E-state index in [0.29, 0.717) is 12.5 Å². The molecule has 4 heteroatoms. The first-order chi connectivity index (χ1) is 6.77. The van der Waals surface area contributed by atoms with Crippen molar-refractivity contribution >= 4 is 5.97 Å². The van der Waals surface area contributed by atoms with Crippen LogP contribution in [-0.2, 0) is 9.53 Å². The zero-order valence-corrected chi connectivity index (χ0v) is 8.64. The lowest BCUT2D eigenvalue weighted by Crippen LogP contribution is -2.60. The zero-order chi connectivity index (χ0) is 10.0. The van der Waals surface area contributed by atoms with Crippen LogP contribution in [0.3, 0.4) is 0 Å². The van der Waals surface area contributed by atoms with E-state index in [-0.39, 0.29) is 11.4 Å². The molecule has 2 saturated heterocycles. The SMILES string of the molecule is CCOC(=O)C12CNCC(CNC1)C2. The average molecular weight is 198 g/mol. The maximum Gasteiger partial charge on any atom is 0.314 e. The third kappa shape index (κ3) is 1.64. The molecule has 4 nitrogen and oxygen atoms in total. The van der Waals surface area contributed by atoms with Gasteiger partial charge in [0.15, 0.2) is 0 Å². The van der Waals surface area contributed by atoms with Crippen molar-refractivity contribution in [1.29, 1.82) is 0 Å². The largest absolute Gasteiger partial charge is 0.465 e. The van der Waals surface area contributed by atoms with Crippen LogP contribution in [0, 0.1) is 11.3 Å². The summed E-state index contributed by atoms with van der Waals surface area (Å²) < 4.78 is 5.14. The molecule has 0 unspecified atom stereocenters. The third-order valence-corrected chi connectivity index (χ3v) is 3.18. The third-order valence-electron chi connectivity index (χ3n) is 3.18. The summed E-state index contributed by atoms with van der Waals surface area (Å²) in [6.45, 7) is 5.90. The number of nitrogens with one attached hydrogen (secondary N) is 2. The number of rotatable bonds is 2. The summed E-state index contributed by atoms with van der Waals surface area (Å²) in [6, 6.07) is 0. The Hall–Kier alpha value is -0.610. The topological polar surface area (TPSA) is 50.4 Å². The monoisotopic (exact) mass is 198 g/mol. The minimum atomic E-state index is -0.294. The molecule has 80 valence electrons. The Morgan fingerprint density at radius 1 is 1.43 bits per heavy atom. The molecule has 2 rings (SSSR count). The van der Waals surface area contributed by atoms with Gasteiger partial charge in [0.05, 0.1) is 12.0 Å². The summed E-state index contributed by atoms with van der Waals surface area (Å²) in [4.78, 5) is 11.8. The Balaban J connectivity index is 2.08. The van der Waals surface area contributed by atoms with Crippen LogP contribution < -0.4 is 10.6 Å². The molecular weight excluding hydrogens is 180 g/mol. The Bertz CT molecular complexity index is 220. The van der Waals surface area contributed by atoms with E-state index in [2.05, 4.69) is 10.6 Å². The Kier molecular flexibility index (Phi) is 2.74. The summed E-state index contributed by atoms with van der Waals surface area (Å²) in [5, 5.41) is 6.65. The maximum absolute atomic E-state index is 11.8. The number of esters is 1. The predicted octanol–water partition coefficient (Wildman–Crippen LogP) is -0.251. The van der Waals surface area contributed by atoms with Crippen molar-refractivity contribution in [3.8, 4) is 0 Å². The second-order valence-corrected chi connectivity index (χ2v) is 4.33. The molecule has 0 aliphatic carbocycles. The van der Waals surface area contributed by atoms with E-state index in [1.807, 2.05) is 6.92 Å². The lowest BCUT2D eigenvalue weighted by atomic mass is 9.73. The van der Waals surface area contributed by atoms with Gasteiger partial charge in [0.1, 0.15) is 0 Å². The van der Waals surface area contributed by atoms with Crippen LogP contribution in [0.15, 0.2) is 0 Å². The smallest absolute Gasteiger partial charge is 0.314 e. The van der Waals surface area contributed by atoms with Gasteiger partial charge in [-0.3, -0.25) is 4.79 Å². The van der Waals surface area contributed by atoms with Gasteiger partial charge in [-0.1, -0.05) is 0 Å².